The molecule has 1 amide bonds. The van der Waals surface area contributed by atoms with Crippen LogP contribution in [-0.4, -0.2) is 65.6 Å². The molecule has 4 heterocycles. The summed E-state index contributed by atoms with van der Waals surface area (Å²) in [5.41, 5.74) is 2.35. The lowest BCUT2D eigenvalue weighted by Gasteiger charge is -2.35. The average molecular weight is 432 g/mol. The highest BCUT2D eigenvalue weighted by Gasteiger charge is 2.26. The van der Waals surface area contributed by atoms with Gasteiger partial charge in [0.25, 0.3) is 0 Å². The van der Waals surface area contributed by atoms with Gasteiger partial charge in [0.1, 0.15) is 18.7 Å². The van der Waals surface area contributed by atoms with Crippen LogP contribution in [0.5, 0.6) is 0 Å². The number of carbonyl (C=O) groups is 1. The molecule has 1 N–H and O–H groups in total. The van der Waals surface area contributed by atoms with Crippen molar-refractivity contribution in [1.82, 2.24) is 34.4 Å². The minimum absolute atomic E-state index is 0.0233. The SMILES string of the molecule is CC1CN(C(=O)Cn2cc(Nc3ncnc4c3cnn4-c3ccccc3)cn2)CC(C)O1. The Balaban J connectivity index is 1.32. The molecular weight excluding hydrogens is 408 g/mol. The van der Waals surface area contributed by atoms with Crippen molar-refractivity contribution in [1.29, 1.82) is 0 Å². The molecule has 10 heteroatoms. The molecule has 0 aliphatic carbocycles. The van der Waals surface area contributed by atoms with Crippen molar-refractivity contribution >= 4 is 28.4 Å². The molecule has 1 aromatic carbocycles. The lowest BCUT2D eigenvalue weighted by atomic mass is 10.2. The third-order valence-electron chi connectivity index (χ3n) is 5.33. The molecule has 10 nitrogen and oxygen atoms in total. The van der Waals surface area contributed by atoms with E-state index in [4.69, 9.17) is 4.74 Å². The van der Waals surface area contributed by atoms with Gasteiger partial charge in [0.05, 0.1) is 41.4 Å². The van der Waals surface area contributed by atoms with Crippen LogP contribution in [0.2, 0.25) is 0 Å². The van der Waals surface area contributed by atoms with E-state index in [1.54, 1.807) is 28.0 Å². The summed E-state index contributed by atoms with van der Waals surface area (Å²) in [6.45, 7) is 5.33. The fraction of sp³-hybridized carbons (Fsp3) is 0.318. The smallest absolute Gasteiger partial charge is 0.244 e. The van der Waals surface area contributed by atoms with E-state index in [0.717, 1.165) is 16.8 Å². The van der Waals surface area contributed by atoms with Gasteiger partial charge in [-0.05, 0) is 26.0 Å². The number of hydrogen-bond donors (Lipinski definition) is 1. The topological polar surface area (TPSA) is 103 Å². The van der Waals surface area contributed by atoms with E-state index in [2.05, 4.69) is 25.5 Å². The van der Waals surface area contributed by atoms with Crippen LogP contribution >= 0.6 is 0 Å². The van der Waals surface area contributed by atoms with Crippen molar-refractivity contribution in [3.8, 4) is 5.69 Å². The van der Waals surface area contributed by atoms with Gasteiger partial charge in [0, 0.05) is 19.3 Å². The molecule has 3 aromatic heterocycles. The number of anilines is 2. The van der Waals surface area contributed by atoms with Crippen molar-refractivity contribution in [3.05, 3.63) is 55.2 Å². The molecule has 1 aliphatic heterocycles. The van der Waals surface area contributed by atoms with Crippen LogP contribution in [0.25, 0.3) is 16.7 Å². The van der Waals surface area contributed by atoms with E-state index < -0.39 is 0 Å². The Labute approximate surface area is 184 Å². The van der Waals surface area contributed by atoms with Gasteiger partial charge in [-0.25, -0.2) is 14.6 Å². The molecular formula is C22H24N8O2. The monoisotopic (exact) mass is 432 g/mol. The number of nitrogens with one attached hydrogen (secondary N) is 1. The van der Waals surface area contributed by atoms with Crippen molar-refractivity contribution in [3.63, 3.8) is 0 Å². The Bertz CT molecular complexity index is 1230. The zero-order valence-electron chi connectivity index (χ0n) is 17.9. The molecule has 5 rings (SSSR count). The Hall–Kier alpha value is -3.79. The lowest BCUT2D eigenvalue weighted by molar-refractivity contribution is -0.144. The maximum atomic E-state index is 12.7. The quantitative estimate of drug-likeness (QED) is 0.516. The Morgan fingerprint density at radius 1 is 1.09 bits per heavy atom. The third-order valence-corrected chi connectivity index (χ3v) is 5.33. The van der Waals surface area contributed by atoms with E-state index >= 15 is 0 Å². The maximum Gasteiger partial charge on any atom is 0.244 e. The minimum atomic E-state index is 0.0233. The Kier molecular flexibility index (Phi) is 5.28. The van der Waals surface area contributed by atoms with E-state index in [9.17, 15) is 4.79 Å². The summed E-state index contributed by atoms with van der Waals surface area (Å²) in [7, 11) is 0. The molecule has 1 aliphatic rings. The Morgan fingerprint density at radius 2 is 1.88 bits per heavy atom. The van der Waals surface area contributed by atoms with Crippen LogP contribution in [0.15, 0.2) is 55.2 Å². The van der Waals surface area contributed by atoms with Gasteiger partial charge >= 0.3 is 0 Å². The normalized spacial score (nSPS) is 18.8. The van der Waals surface area contributed by atoms with Gasteiger partial charge in [-0.15, -0.1) is 0 Å². The van der Waals surface area contributed by atoms with Crippen LogP contribution in [-0.2, 0) is 16.1 Å². The summed E-state index contributed by atoms with van der Waals surface area (Å²) < 4.78 is 9.11. The number of morpholine rings is 1. The highest BCUT2D eigenvalue weighted by Crippen LogP contribution is 2.24. The second-order valence-electron chi connectivity index (χ2n) is 7.96. The number of amides is 1. The first kappa shape index (κ1) is 20.1. The molecule has 0 spiro atoms. The Morgan fingerprint density at radius 3 is 2.66 bits per heavy atom. The molecule has 1 fully saturated rings. The van der Waals surface area contributed by atoms with Crippen LogP contribution in [0.1, 0.15) is 13.8 Å². The summed E-state index contributed by atoms with van der Waals surface area (Å²) in [6.07, 6.45) is 6.78. The average Bonchev–Trinajstić information content (AvgIpc) is 3.41. The van der Waals surface area contributed by atoms with Gasteiger partial charge < -0.3 is 15.0 Å². The zero-order valence-corrected chi connectivity index (χ0v) is 17.9. The minimum Gasteiger partial charge on any atom is -0.372 e. The van der Waals surface area contributed by atoms with E-state index in [0.29, 0.717) is 24.6 Å². The fourth-order valence-electron chi connectivity index (χ4n) is 3.97. The van der Waals surface area contributed by atoms with E-state index in [1.807, 2.05) is 49.1 Å². The number of ether oxygens (including phenoxy) is 1. The number of rotatable bonds is 5. The zero-order chi connectivity index (χ0) is 22.1. The second kappa shape index (κ2) is 8.39. The maximum absolute atomic E-state index is 12.7. The van der Waals surface area contributed by atoms with Crippen molar-refractivity contribution in [2.45, 2.75) is 32.6 Å². The predicted molar refractivity (Wildman–Crippen MR) is 119 cm³/mol. The number of aromatic nitrogens is 6. The first-order chi connectivity index (χ1) is 15.6. The summed E-state index contributed by atoms with van der Waals surface area (Å²) >= 11 is 0. The molecule has 0 radical (unpaired) electrons. The van der Waals surface area contributed by atoms with Gasteiger partial charge in [-0.3, -0.25) is 9.48 Å². The molecule has 0 saturated carbocycles. The number of hydrogen-bond acceptors (Lipinski definition) is 7. The van der Waals surface area contributed by atoms with Crippen LogP contribution in [0.3, 0.4) is 0 Å². The van der Waals surface area contributed by atoms with Crippen LogP contribution in [0.4, 0.5) is 11.5 Å². The van der Waals surface area contributed by atoms with Gasteiger partial charge in [0.15, 0.2) is 5.65 Å². The number of nitrogens with zero attached hydrogens (tertiary/aromatic N) is 7. The standard InChI is InChI=1S/C22H24N8O2/c1-15-10-28(11-16(2)32-15)20(31)13-29-12-17(8-25-29)27-21-19-9-26-30(22(19)24-14-23-21)18-6-4-3-5-7-18/h3-9,12,14-16H,10-11,13H2,1-2H3,(H,23,24,27). The summed E-state index contributed by atoms with van der Waals surface area (Å²) in [6, 6.07) is 9.81. The number of benzene rings is 1. The lowest BCUT2D eigenvalue weighted by Crippen LogP contribution is -2.49. The molecule has 164 valence electrons. The number of para-hydroxylation sites is 1. The fourth-order valence-corrected chi connectivity index (χ4v) is 3.97. The number of fused-ring (bicyclic) bond motifs is 1. The highest BCUT2D eigenvalue weighted by molar-refractivity contribution is 5.89. The molecule has 0 bridgehead atoms. The summed E-state index contributed by atoms with van der Waals surface area (Å²) in [5.74, 6) is 0.647. The van der Waals surface area contributed by atoms with Gasteiger partial charge in [-0.2, -0.15) is 10.2 Å². The first-order valence-corrected chi connectivity index (χ1v) is 10.5. The molecule has 32 heavy (non-hydrogen) atoms. The van der Waals surface area contributed by atoms with E-state index in [1.165, 1.54) is 6.33 Å². The van der Waals surface area contributed by atoms with Crippen molar-refractivity contribution in [2.24, 2.45) is 0 Å². The predicted octanol–water partition coefficient (Wildman–Crippen LogP) is 2.39. The number of carbonyl (C=O) groups excluding carboxylic acids is 1. The largest absolute Gasteiger partial charge is 0.372 e. The highest BCUT2D eigenvalue weighted by atomic mass is 16.5. The van der Waals surface area contributed by atoms with Gasteiger partial charge in [-0.1, -0.05) is 18.2 Å². The van der Waals surface area contributed by atoms with Gasteiger partial charge in [0.2, 0.25) is 5.91 Å². The third kappa shape index (κ3) is 4.04. The summed E-state index contributed by atoms with van der Waals surface area (Å²) in [5, 5.41) is 12.9. The summed E-state index contributed by atoms with van der Waals surface area (Å²) in [4.78, 5) is 23.3. The first-order valence-electron chi connectivity index (χ1n) is 10.5. The molecule has 4 aromatic rings. The second-order valence-corrected chi connectivity index (χ2v) is 7.96. The van der Waals surface area contributed by atoms with Crippen LogP contribution < -0.4 is 5.32 Å². The van der Waals surface area contributed by atoms with Crippen molar-refractivity contribution in [2.75, 3.05) is 18.4 Å². The van der Waals surface area contributed by atoms with Crippen LogP contribution in [0, 0.1) is 0 Å². The molecule has 2 unspecified atom stereocenters. The molecule has 1 saturated heterocycles. The molecule has 2 atom stereocenters. The van der Waals surface area contributed by atoms with Crippen molar-refractivity contribution < 1.29 is 9.53 Å². The van der Waals surface area contributed by atoms with E-state index in [-0.39, 0.29) is 24.7 Å².